The maximum Gasteiger partial charge on any atom is 0.339 e. The molecule has 0 bridgehead atoms. The number of para-hydroxylation sites is 1. The van der Waals surface area contributed by atoms with Crippen LogP contribution in [0.25, 0.3) is 0 Å². The van der Waals surface area contributed by atoms with E-state index in [1.807, 2.05) is 0 Å². The van der Waals surface area contributed by atoms with E-state index in [0.29, 0.717) is 11.6 Å². The molecule has 0 aliphatic heterocycles. The summed E-state index contributed by atoms with van der Waals surface area (Å²) < 4.78 is 10.5. The Balaban J connectivity index is 2.20. The second kappa shape index (κ2) is 5.92. The van der Waals surface area contributed by atoms with Crippen molar-refractivity contribution >= 4 is 11.7 Å². The number of nitrogens with two attached hydrogens (primary N) is 1. The molecule has 0 spiro atoms. The number of ether oxygens (including phenoxy) is 2. The largest absolute Gasteiger partial charge is 0.484 e. The van der Waals surface area contributed by atoms with Crippen LogP contribution >= 0.6 is 0 Å². The second-order valence-corrected chi connectivity index (χ2v) is 3.99. The predicted molar refractivity (Wildman–Crippen MR) is 72.9 cm³/mol. The van der Waals surface area contributed by atoms with Crippen LogP contribution in [0.15, 0.2) is 36.4 Å². The summed E-state index contributed by atoms with van der Waals surface area (Å²) in [6.45, 7) is 0.103. The minimum atomic E-state index is -1.09. The average Bonchev–Trinajstić information content (AvgIpc) is 2.45. The molecule has 0 amide bonds. The van der Waals surface area contributed by atoms with Crippen LogP contribution in [0.1, 0.15) is 16.1 Å². The maximum absolute atomic E-state index is 11.1. The van der Waals surface area contributed by atoms with Gasteiger partial charge >= 0.3 is 5.97 Å². The number of aromatic nitrogens is 1. The highest BCUT2D eigenvalue weighted by molar-refractivity contribution is 5.93. The van der Waals surface area contributed by atoms with Gasteiger partial charge in [0, 0.05) is 6.07 Å². The minimum absolute atomic E-state index is 0.0212. The van der Waals surface area contributed by atoms with E-state index in [1.165, 1.54) is 13.2 Å². The van der Waals surface area contributed by atoms with Gasteiger partial charge in [0.25, 0.3) is 0 Å². The summed E-state index contributed by atoms with van der Waals surface area (Å²) in [7, 11) is 1.52. The van der Waals surface area contributed by atoms with Crippen LogP contribution < -0.4 is 15.2 Å². The van der Waals surface area contributed by atoms with Gasteiger partial charge in [0.1, 0.15) is 12.2 Å². The third-order valence-corrected chi connectivity index (χ3v) is 2.63. The molecule has 0 aliphatic rings. The van der Waals surface area contributed by atoms with Gasteiger partial charge in [-0.25, -0.2) is 9.78 Å². The number of carbonyl (C=O) groups is 1. The molecule has 0 aliphatic carbocycles. The van der Waals surface area contributed by atoms with Gasteiger partial charge in [-0.2, -0.15) is 0 Å². The molecule has 2 aromatic rings. The first-order valence-corrected chi connectivity index (χ1v) is 5.86. The monoisotopic (exact) mass is 274 g/mol. The molecule has 20 heavy (non-hydrogen) atoms. The molecule has 0 saturated carbocycles. The molecular formula is C14H14N2O4. The van der Waals surface area contributed by atoms with Crippen molar-refractivity contribution < 1.29 is 19.4 Å². The van der Waals surface area contributed by atoms with Crippen molar-refractivity contribution in [3.8, 4) is 11.6 Å². The Bertz CT molecular complexity index is 628. The molecule has 0 radical (unpaired) electrons. The molecule has 2 rings (SSSR count). The number of carboxylic acid groups (broad SMARTS) is 1. The topological polar surface area (TPSA) is 94.7 Å². The molecule has 6 heteroatoms. The van der Waals surface area contributed by atoms with Crippen LogP contribution in [0.3, 0.4) is 0 Å². The van der Waals surface area contributed by atoms with E-state index in [0.717, 1.165) is 0 Å². The van der Waals surface area contributed by atoms with Crippen LogP contribution in [0.4, 0.5) is 5.69 Å². The van der Waals surface area contributed by atoms with Crippen LogP contribution in [-0.2, 0) is 6.61 Å². The molecule has 1 aromatic heterocycles. The summed E-state index contributed by atoms with van der Waals surface area (Å²) in [5.41, 5.74) is 6.65. The standard InChI is InChI=1S/C14H14N2O4/c1-19-12-7-2-4-9(16-12)8-20-13-10(14(17)18)5-3-6-11(13)15/h2-7H,8,15H2,1H3,(H,17,18). The molecule has 0 unspecified atom stereocenters. The van der Waals surface area contributed by atoms with E-state index in [1.54, 1.807) is 30.3 Å². The number of methoxy groups -OCH3 is 1. The van der Waals surface area contributed by atoms with Crippen molar-refractivity contribution in [3.63, 3.8) is 0 Å². The molecule has 1 aromatic carbocycles. The Hall–Kier alpha value is -2.76. The van der Waals surface area contributed by atoms with E-state index < -0.39 is 5.97 Å². The summed E-state index contributed by atoms with van der Waals surface area (Å²) in [6.07, 6.45) is 0. The number of carboxylic acids is 1. The second-order valence-electron chi connectivity index (χ2n) is 3.99. The first-order valence-electron chi connectivity index (χ1n) is 5.86. The minimum Gasteiger partial charge on any atom is -0.484 e. The number of pyridine rings is 1. The van der Waals surface area contributed by atoms with E-state index in [-0.39, 0.29) is 23.6 Å². The van der Waals surface area contributed by atoms with Crippen LogP contribution in [0, 0.1) is 0 Å². The van der Waals surface area contributed by atoms with Gasteiger partial charge in [-0.1, -0.05) is 12.1 Å². The van der Waals surface area contributed by atoms with Gasteiger partial charge in [0.05, 0.1) is 18.5 Å². The fourth-order valence-corrected chi connectivity index (χ4v) is 1.68. The SMILES string of the molecule is COc1cccc(COc2c(N)cccc2C(=O)O)n1. The van der Waals surface area contributed by atoms with Gasteiger partial charge in [-0.15, -0.1) is 0 Å². The van der Waals surface area contributed by atoms with E-state index in [4.69, 9.17) is 20.3 Å². The summed E-state index contributed by atoms with van der Waals surface area (Å²) in [5, 5.41) is 9.10. The predicted octanol–water partition coefficient (Wildman–Crippen LogP) is 1.95. The van der Waals surface area contributed by atoms with Gasteiger partial charge in [0.15, 0.2) is 5.75 Å². The van der Waals surface area contributed by atoms with Crippen LogP contribution in [0.5, 0.6) is 11.6 Å². The zero-order valence-corrected chi connectivity index (χ0v) is 10.9. The van der Waals surface area contributed by atoms with Crippen molar-refractivity contribution in [1.82, 2.24) is 4.98 Å². The third-order valence-electron chi connectivity index (χ3n) is 2.63. The number of nitrogens with zero attached hydrogens (tertiary/aromatic N) is 1. The molecule has 6 nitrogen and oxygen atoms in total. The van der Waals surface area contributed by atoms with Gasteiger partial charge in [-0.3, -0.25) is 0 Å². The fraction of sp³-hybridized carbons (Fsp3) is 0.143. The quantitative estimate of drug-likeness (QED) is 0.809. The Labute approximate surface area is 115 Å². The molecule has 0 fully saturated rings. The molecule has 0 saturated heterocycles. The maximum atomic E-state index is 11.1. The van der Waals surface area contributed by atoms with Gasteiger partial charge in [0.2, 0.25) is 5.88 Å². The van der Waals surface area contributed by atoms with Crippen LogP contribution in [-0.4, -0.2) is 23.2 Å². The number of aromatic carboxylic acids is 1. The first kappa shape index (κ1) is 13.7. The number of benzene rings is 1. The Morgan fingerprint density at radius 2 is 2.05 bits per heavy atom. The van der Waals surface area contributed by atoms with Crippen LogP contribution in [0.2, 0.25) is 0 Å². The van der Waals surface area contributed by atoms with Crippen molar-refractivity contribution in [2.45, 2.75) is 6.61 Å². The lowest BCUT2D eigenvalue weighted by Gasteiger charge is -2.11. The van der Waals surface area contributed by atoms with E-state index in [2.05, 4.69) is 4.98 Å². The first-order chi connectivity index (χ1) is 9.61. The van der Waals surface area contributed by atoms with E-state index in [9.17, 15) is 4.79 Å². The molecular weight excluding hydrogens is 260 g/mol. The lowest BCUT2D eigenvalue weighted by atomic mass is 10.2. The molecule has 3 N–H and O–H groups in total. The van der Waals surface area contributed by atoms with Crippen molar-refractivity contribution in [2.75, 3.05) is 12.8 Å². The Morgan fingerprint density at radius 1 is 1.30 bits per heavy atom. The van der Waals surface area contributed by atoms with Gasteiger partial charge < -0.3 is 20.3 Å². The summed E-state index contributed by atoms with van der Waals surface area (Å²) in [5.74, 6) is -0.485. The zero-order valence-electron chi connectivity index (χ0n) is 10.9. The number of hydrogen-bond acceptors (Lipinski definition) is 5. The van der Waals surface area contributed by atoms with Crippen molar-refractivity contribution in [1.29, 1.82) is 0 Å². The zero-order chi connectivity index (χ0) is 14.5. The molecule has 104 valence electrons. The van der Waals surface area contributed by atoms with Crippen molar-refractivity contribution in [2.24, 2.45) is 0 Å². The number of hydrogen-bond donors (Lipinski definition) is 2. The highest BCUT2D eigenvalue weighted by Crippen LogP contribution is 2.27. The average molecular weight is 274 g/mol. The normalized spacial score (nSPS) is 10.1. The highest BCUT2D eigenvalue weighted by atomic mass is 16.5. The summed E-state index contributed by atoms with van der Waals surface area (Å²) in [6, 6.07) is 9.82. The number of nitrogen functional groups attached to an aromatic ring is 1. The summed E-state index contributed by atoms with van der Waals surface area (Å²) >= 11 is 0. The highest BCUT2D eigenvalue weighted by Gasteiger charge is 2.14. The molecule has 1 heterocycles. The third kappa shape index (κ3) is 2.97. The Kier molecular flexibility index (Phi) is 4.05. The van der Waals surface area contributed by atoms with E-state index >= 15 is 0 Å². The fourth-order valence-electron chi connectivity index (χ4n) is 1.68. The lowest BCUT2D eigenvalue weighted by Crippen LogP contribution is -2.07. The smallest absolute Gasteiger partial charge is 0.339 e. The number of rotatable bonds is 5. The summed E-state index contributed by atoms with van der Waals surface area (Å²) in [4.78, 5) is 15.3. The number of anilines is 1. The Morgan fingerprint density at radius 3 is 2.75 bits per heavy atom. The van der Waals surface area contributed by atoms with Gasteiger partial charge in [-0.05, 0) is 18.2 Å². The van der Waals surface area contributed by atoms with Crippen molar-refractivity contribution in [3.05, 3.63) is 47.7 Å². The molecule has 0 atom stereocenters. The lowest BCUT2D eigenvalue weighted by molar-refractivity contribution is 0.0692.